The highest BCUT2D eigenvalue weighted by Gasteiger charge is 2.15. The molecule has 1 aliphatic rings. The van der Waals surface area contributed by atoms with Crippen LogP contribution < -0.4 is 10.2 Å². The van der Waals surface area contributed by atoms with Gasteiger partial charge in [0.15, 0.2) is 0 Å². The summed E-state index contributed by atoms with van der Waals surface area (Å²) in [5.74, 6) is 0. The van der Waals surface area contributed by atoms with Gasteiger partial charge in [-0.05, 0) is 20.4 Å². The van der Waals surface area contributed by atoms with Crippen molar-refractivity contribution in [3.05, 3.63) is 23.6 Å². The van der Waals surface area contributed by atoms with E-state index in [1.165, 1.54) is 5.57 Å². The second-order valence-electron chi connectivity index (χ2n) is 3.91. The molecule has 2 heterocycles. The first-order valence-corrected chi connectivity index (χ1v) is 5.29. The van der Waals surface area contributed by atoms with Gasteiger partial charge in [0.1, 0.15) is 6.26 Å². The predicted octanol–water partition coefficient (Wildman–Crippen LogP) is 1.55. The third-order valence-corrected chi connectivity index (χ3v) is 2.50. The molecule has 0 radical (unpaired) electrons. The lowest BCUT2D eigenvalue weighted by atomic mass is 10.1. The Kier molecular flexibility index (Phi) is 3.06. The fraction of sp³-hybridized carbons (Fsp3) is 0.545. The van der Waals surface area contributed by atoms with Gasteiger partial charge in [0.25, 0.3) is 6.01 Å². The third kappa shape index (κ3) is 2.39. The lowest BCUT2D eigenvalue weighted by Crippen LogP contribution is -2.29. The SMILES string of the molecule is CNCc1coc(N2CCC=C(C)C2)n1. The lowest BCUT2D eigenvalue weighted by molar-refractivity contribution is 0.533. The Balaban J connectivity index is 2.06. The first-order chi connectivity index (χ1) is 7.29. The Morgan fingerprint density at radius 2 is 2.47 bits per heavy atom. The summed E-state index contributed by atoms with van der Waals surface area (Å²) >= 11 is 0. The van der Waals surface area contributed by atoms with Crippen molar-refractivity contribution in [1.82, 2.24) is 10.3 Å². The smallest absolute Gasteiger partial charge is 0.297 e. The van der Waals surface area contributed by atoms with E-state index in [0.29, 0.717) is 0 Å². The zero-order valence-electron chi connectivity index (χ0n) is 9.29. The van der Waals surface area contributed by atoms with E-state index in [4.69, 9.17) is 4.42 Å². The number of nitrogens with zero attached hydrogens (tertiary/aromatic N) is 2. The molecule has 82 valence electrons. The van der Waals surface area contributed by atoms with E-state index in [-0.39, 0.29) is 0 Å². The Labute approximate surface area is 90.0 Å². The van der Waals surface area contributed by atoms with E-state index in [0.717, 1.165) is 37.8 Å². The van der Waals surface area contributed by atoms with Crippen molar-refractivity contribution in [1.29, 1.82) is 0 Å². The molecule has 2 rings (SSSR count). The quantitative estimate of drug-likeness (QED) is 0.763. The van der Waals surface area contributed by atoms with Gasteiger partial charge in [-0.25, -0.2) is 0 Å². The summed E-state index contributed by atoms with van der Waals surface area (Å²) in [7, 11) is 1.90. The normalized spacial score (nSPS) is 16.7. The molecule has 0 aliphatic carbocycles. The summed E-state index contributed by atoms with van der Waals surface area (Å²) in [6, 6.07) is 0.743. The van der Waals surface area contributed by atoms with Crippen LogP contribution in [0.25, 0.3) is 0 Å². The van der Waals surface area contributed by atoms with E-state index in [9.17, 15) is 0 Å². The van der Waals surface area contributed by atoms with Gasteiger partial charge in [0.2, 0.25) is 0 Å². The van der Waals surface area contributed by atoms with Crippen molar-refractivity contribution in [2.75, 3.05) is 25.0 Å². The largest absolute Gasteiger partial charge is 0.432 e. The van der Waals surface area contributed by atoms with Crippen molar-refractivity contribution < 1.29 is 4.42 Å². The summed E-state index contributed by atoms with van der Waals surface area (Å²) in [6.07, 6.45) is 5.07. The summed E-state index contributed by atoms with van der Waals surface area (Å²) < 4.78 is 5.45. The Bertz CT molecular complexity index is 356. The Morgan fingerprint density at radius 1 is 1.60 bits per heavy atom. The minimum Gasteiger partial charge on any atom is -0.432 e. The van der Waals surface area contributed by atoms with E-state index < -0.39 is 0 Å². The minimum absolute atomic E-state index is 0.743. The van der Waals surface area contributed by atoms with Crippen molar-refractivity contribution in [3.63, 3.8) is 0 Å². The molecule has 0 saturated heterocycles. The van der Waals surface area contributed by atoms with E-state index in [1.54, 1.807) is 6.26 Å². The number of anilines is 1. The number of nitrogens with one attached hydrogen (secondary N) is 1. The standard InChI is InChI=1S/C11H17N3O/c1-9-4-3-5-14(7-9)11-13-10(6-12-2)8-15-11/h4,8,12H,3,5-7H2,1-2H3. The maximum absolute atomic E-state index is 5.45. The van der Waals surface area contributed by atoms with E-state index in [2.05, 4.69) is 28.2 Å². The highest BCUT2D eigenvalue weighted by atomic mass is 16.4. The van der Waals surface area contributed by atoms with Crippen LogP contribution >= 0.6 is 0 Å². The minimum atomic E-state index is 0.743. The predicted molar refractivity (Wildman–Crippen MR) is 59.9 cm³/mol. The van der Waals surface area contributed by atoms with Gasteiger partial charge in [0, 0.05) is 19.6 Å². The van der Waals surface area contributed by atoms with Crippen LogP contribution in [0.4, 0.5) is 6.01 Å². The maximum atomic E-state index is 5.45. The molecule has 0 amide bonds. The summed E-state index contributed by atoms with van der Waals surface area (Å²) in [5.41, 5.74) is 2.34. The maximum Gasteiger partial charge on any atom is 0.297 e. The number of hydrogen-bond donors (Lipinski definition) is 1. The van der Waals surface area contributed by atoms with Crippen molar-refractivity contribution >= 4 is 6.01 Å². The first kappa shape index (κ1) is 10.2. The van der Waals surface area contributed by atoms with Gasteiger partial charge in [-0.15, -0.1) is 0 Å². The molecule has 0 saturated carbocycles. The molecule has 0 bridgehead atoms. The van der Waals surface area contributed by atoms with Crippen molar-refractivity contribution in [2.45, 2.75) is 19.9 Å². The molecule has 0 fully saturated rings. The molecule has 0 spiro atoms. The van der Waals surface area contributed by atoms with Gasteiger partial charge in [0.05, 0.1) is 5.69 Å². The zero-order valence-corrected chi connectivity index (χ0v) is 9.29. The van der Waals surface area contributed by atoms with Crippen LogP contribution in [0, 0.1) is 0 Å². The third-order valence-electron chi connectivity index (χ3n) is 2.50. The molecule has 1 aromatic rings. The van der Waals surface area contributed by atoms with Gasteiger partial charge in [-0.3, -0.25) is 0 Å². The van der Waals surface area contributed by atoms with Crippen LogP contribution in [-0.4, -0.2) is 25.1 Å². The van der Waals surface area contributed by atoms with Crippen molar-refractivity contribution in [2.24, 2.45) is 0 Å². The van der Waals surface area contributed by atoms with Crippen LogP contribution in [0.5, 0.6) is 0 Å². The van der Waals surface area contributed by atoms with Crippen molar-refractivity contribution in [3.8, 4) is 0 Å². The molecule has 1 aromatic heterocycles. The topological polar surface area (TPSA) is 41.3 Å². The van der Waals surface area contributed by atoms with Crippen LogP contribution in [0.15, 0.2) is 22.3 Å². The molecule has 1 aliphatic heterocycles. The Morgan fingerprint density at radius 3 is 3.20 bits per heavy atom. The molecule has 0 unspecified atom stereocenters. The fourth-order valence-electron chi connectivity index (χ4n) is 1.78. The molecule has 0 aromatic carbocycles. The molecular weight excluding hydrogens is 190 g/mol. The highest BCUT2D eigenvalue weighted by Crippen LogP contribution is 2.18. The number of hydrogen-bond acceptors (Lipinski definition) is 4. The van der Waals surface area contributed by atoms with E-state index in [1.807, 2.05) is 7.05 Å². The van der Waals surface area contributed by atoms with Gasteiger partial charge < -0.3 is 14.6 Å². The summed E-state index contributed by atoms with van der Waals surface area (Å²) in [5, 5.41) is 3.06. The van der Waals surface area contributed by atoms with Gasteiger partial charge >= 0.3 is 0 Å². The van der Waals surface area contributed by atoms with Crippen LogP contribution in [0.2, 0.25) is 0 Å². The molecule has 1 N–H and O–H groups in total. The van der Waals surface area contributed by atoms with Crippen LogP contribution in [-0.2, 0) is 6.54 Å². The molecule has 15 heavy (non-hydrogen) atoms. The number of aromatic nitrogens is 1. The average Bonchev–Trinajstić information content (AvgIpc) is 2.67. The highest BCUT2D eigenvalue weighted by molar-refractivity contribution is 5.32. The molecule has 0 atom stereocenters. The van der Waals surface area contributed by atoms with Gasteiger partial charge in [-0.1, -0.05) is 11.6 Å². The number of oxazole rings is 1. The monoisotopic (exact) mass is 207 g/mol. The number of rotatable bonds is 3. The van der Waals surface area contributed by atoms with Crippen LogP contribution in [0.1, 0.15) is 19.0 Å². The second-order valence-corrected chi connectivity index (χ2v) is 3.91. The second kappa shape index (κ2) is 4.49. The average molecular weight is 207 g/mol. The zero-order chi connectivity index (χ0) is 10.7. The van der Waals surface area contributed by atoms with Crippen LogP contribution in [0.3, 0.4) is 0 Å². The summed E-state index contributed by atoms with van der Waals surface area (Å²) in [6.45, 7) is 4.83. The van der Waals surface area contributed by atoms with Gasteiger partial charge in [-0.2, -0.15) is 4.98 Å². The fourth-order valence-corrected chi connectivity index (χ4v) is 1.78. The van der Waals surface area contributed by atoms with E-state index >= 15 is 0 Å². The molecule has 4 nitrogen and oxygen atoms in total. The Hall–Kier alpha value is -1.29. The summed E-state index contributed by atoms with van der Waals surface area (Å²) in [4.78, 5) is 6.60. The molecule has 4 heteroatoms. The lowest BCUT2D eigenvalue weighted by Gasteiger charge is -2.24. The first-order valence-electron chi connectivity index (χ1n) is 5.29. The molecular formula is C11H17N3O.